The summed E-state index contributed by atoms with van der Waals surface area (Å²) >= 11 is 5.60. The van der Waals surface area contributed by atoms with Crippen LogP contribution in [0.1, 0.15) is 35.3 Å². The van der Waals surface area contributed by atoms with E-state index in [-0.39, 0.29) is 40.9 Å². The Morgan fingerprint density at radius 2 is 1.94 bits per heavy atom. The van der Waals surface area contributed by atoms with Gasteiger partial charge in [-0.1, -0.05) is 11.6 Å². The molecule has 3 saturated carbocycles. The van der Waals surface area contributed by atoms with Gasteiger partial charge in [0.05, 0.1) is 10.6 Å². The van der Waals surface area contributed by atoms with Crippen LogP contribution in [0.2, 0.25) is 5.02 Å². The van der Waals surface area contributed by atoms with E-state index in [1.165, 1.54) is 12.1 Å². The summed E-state index contributed by atoms with van der Waals surface area (Å²) in [6.07, 6.45) is -2.11. The van der Waals surface area contributed by atoms with Gasteiger partial charge in [0, 0.05) is 23.8 Å². The highest BCUT2D eigenvalue weighted by molar-refractivity contribution is 6.30. The van der Waals surface area contributed by atoms with Crippen molar-refractivity contribution in [2.45, 2.75) is 37.0 Å². The van der Waals surface area contributed by atoms with Crippen LogP contribution in [0.5, 0.6) is 5.75 Å². The molecule has 2 amide bonds. The van der Waals surface area contributed by atoms with Gasteiger partial charge >= 0.3 is 6.18 Å². The largest absolute Gasteiger partial charge is 0.484 e. The summed E-state index contributed by atoms with van der Waals surface area (Å²) in [5.41, 5.74) is -1.56. The zero-order valence-electron chi connectivity index (χ0n) is 16.5. The number of hydrogen-bond donors (Lipinski definition) is 2. The monoisotopic (exact) mass is 471 g/mol. The number of fused-ring (bicyclic) bond motifs is 1. The van der Waals surface area contributed by atoms with Crippen LogP contribution in [-0.2, 0) is 11.0 Å². The molecule has 0 spiro atoms. The molecule has 1 atom stereocenters. The van der Waals surface area contributed by atoms with Crippen molar-refractivity contribution in [3.05, 3.63) is 58.6 Å². The molecular formula is C21H18ClF4N3O3. The number of benzene rings is 1. The van der Waals surface area contributed by atoms with Crippen molar-refractivity contribution < 1.29 is 31.9 Å². The Labute approximate surface area is 185 Å². The fourth-order valence-corrected chi connectivity index (χ4v) is 4.39. The lowest BCUT2D eigenvalue weighted by atomic mass is 9.76. The molecule has 1 aromatic carbocycles. The number of nitrogens with one attached hydrogen (secondary N) is 2. The van der Waals surface area contributed by atoms with Crippen molar-refractivity contribution in [1.82, 2.24) is 15.6 Å². The van der Waals surface area contributed by atoms with Gasteiger partial charge in [0.1, 0.15) is 17.3 Å². The highest BCUT2D eigenvalue weighted by Crippen LogP contribution is 2.52. The molecule has 0 unspecified atom stereocenters. The number of halogens is 5. The minimum absolute atomic E-state index is 0.0497. The van der Waals surface area contributed by atoms with Crippen LogP contribution in [0.25, 0.3) is 0 Å². The molecule has 0 aliphatic heterocycles. The van der Waals surface area contributed by atoms with E-state index in [2.05, 4.69) is 15.6 Å². The Morgan fingerprint density at radius 3 is 2.56 bits per heavy atom. The molecule has 1 heterocycles. The summed E-state index contributed by atoms with van der Waals surface area (Å²) in [7, 11) is 0. The average Bonchev–Trinajstić information content (AvgIpc) is 3.21. The second kappa shape index (κ2) is 8.23. The normalized spacial score (nSPS) is 23.9. The molecule has 32 heavy (non-hydrogen) atoms. The Balaban J connectivity index is 1.27. The van der Waals surface area contributed by atoms with Crippen LogP contribution in [-0.4, -0.2) is 35.0 Å². The van der Waals surface area contributed by atoms with Crippen molar-refractivity contribution >= 4 is 23.4 Å². The van der Waals surface area contributed by atoms with E-state index in [4.69, 9.17) is 16.3 Å². The van der Waals surface area contributed by atoms with Gasteiger partial charge in [-0.3, -0.25) is 14.6 Å². The number of carbonyl (C=O) groups is 2. The van der Waals surface area contributed by atoms with Gasteiger partial charge in [0.2, 0.25) is 0 Å². The maximum absolute atomic E-state index is 13.4. The second-order valence-electron chi connectivity index (χ2n) is 8.08. The van der Waals surface area contributed by atoms with Crippen molar-refractivity contribution in [1.29, 1.82) is 0 Å². The quantitative estimate of drug-likeness (QED) is 0.629. The predicted octanol–water partition coefficient (Wildman–Crippen LogP) is 3.74. The topological polar surface area (TPSA) is 80.3 Å². The third kappa shape index (κ3) is 4.64. The third-order valence-electron chi connectivity index (χ3n) is 5.80. The molecule has 0 saturated heterocycles. The molecule has 3 aliphatic rings. The van der Waals surface area contributed by atoms with Crippen molar-refractivity contribution in [2.24, 2.45) is 5.92 Å². The van der Waals surface area contributed by atoms with Gasteiger partial charge in [-0.15, -0.1) is 0 Å². The number of amides is 2. The van der Waals surface area contributed by atoms with Gasteiger partial charge in [0.25, 0.3) is 11.8 Å². The molecule has 2 bridgehead atoms. The van der Waals surface area contributed by atoms with Crippen molar-refractivity contribution in [3.63, 3.8) is 0 Å². The van der Waals surface area contributed by atoms with Crippen LogP contribution in [0, 0.1) is 11.7 Å². The maximum Gasteiger partial charge on any atom is 0.417 e. The first kappa shape index (κ1) is 22.3. The third-order valence-corrected chi connectivity index (χ3v) is 6.10. The van der Waals surface area contributed by atoms with Gasteiger partial charge in [0.15, 0.2) is 6.61 Å². The minimum atomic E-state index is -4.52. The van der Waals surface area contributed by atoms with Crippen molar-refractivity contribution in [3.8, 4) is 5.75 Å². The van der Waals surface area contributed by atoms with Gasteiger partial charge in [-0.2, -0.15) is 13.2 Å². The average molecular weight is 472 g/mol. The number of hydrogen-bond acceptors (Lipinski definition) is 4. The van der Waals surface area contributed by atoms with Crippen molar-refractivity contribution in [2.75, 3.05) is 6.61 Å². The highest BCUT2D eigenvalue weighted by Gasteiger charge is 2.57. The number of aromatic nitrogens is 1. The maximum atomic E-state index is 13.4. The molecule has 1 aromatic heterocycles. The number of ether oxygens (including phenoxy) is 1. The van der Waals surface area contributed by atoms with E-state index < -0.39 is 29.0 Å². The van der Waals surface area contributed by atoms with E-state index >= 15 is 0 Å². The summed E-state index contributed by atoms with van der Waals surface area (Å²) in [5.74, 6) is -1.25. The lowest BCUT2D eigenvalue weighted by Crippen LogP contribution is -2.52. The fourth-order valence-electron chi connectivity index (χ4n) is 4.27. The first-order chi connectivity index (χ1) is 15.0. The molecule has 6 nitrogen and oxygen atoms in total. The predicted molar refractivity (Wildman–Crippen MR) is 106 cm³/mol. The number of carbonyl (C=O) groups excluding carboxylic acids is 2. The molecule has 3 aliphatic carbocycles. The summed E-state index contributed by atoms with van der Waals surface area (Å²) in [5, 5.41) is 5.65. The molecule has 2 N–H and O–H groups in total. The first-order valence-electron chi connectivity index (χ1n) is 9.78. The standard InChI is InChI=1S/C21H18ClF4N3O3/c22-14-3-2-13(5-15(14)23)32-10-18(30)28-17-8-20(6-11(17)7-20)29-19(31)16-4-1-12(9-27-16)21(24,25)26/h1-5,9,11,17H,6-8,10H2,(H,28,30)(H,29,31)/t11?,17-,20?/m0/s1. The zero-order valence-corrected chi connectivity index (χ0v) is 17.3. The lowest BCUT2D eigenvalue weighted by molar-refractivity contribution is -0.137. The molecule has 11 heteroatoms. The zero-order chi connectivity index (χ0) is 23.1. The van der Waals surface area contributed by atoms with E-state index in [0.717, 1.165) is 18.2 Å². The Kier molecular flexibility index (Phi) is 5.74. The van der Waals surface area contributed by atoms with Crippen LogP contribution >= 0.6 is 11.6 Å². The summed E-state index contributed by atoms with van der Waals surface area (Å²) < 4.78 is 56.6. The minimum Gasteiger partial charge on any atom is -0.484 e. The van der Waals surface area contributed by atoms with E-state index in [9.17, 15) is 27.2 Å². The Morgan fingerprint density at radius 1 is 1.19 bits per heavy atom. The highest BCUT2D eigenvalue weighted by atomic mass is 35.5. The SMILES string of the molecule is O=C(COc1ccc(Cl)c(F)c1)N[C@H]1CC2(NC(=O)c3ccc(C(F)(F)F)cn3)CC1C2. The first-order valence-corrected chi connectivity index (χ1v) is 10.2. The number of rotatable bonds is 6. The number of nitrogens with zero attached hydrogens (tertiary/aromatic N) is 1. The van der Waals surface area contributed by atoms with E-state index in [0.29, 0.717) is 25.5 Å². The molecule has 0 radical (unpaired) electrons. The summed E-state index contributed by atoms with van der Waals surface area (Å²) in [6.45, 7) is -0.306. The molecule has 170 valence electrons. The van der Waals surface area contributed by atoms with Gasteiger partial charge < -0.3 is 15.4 Å². The molecule has 5 rings (SSSR count). The summed E-state index contributed by atoms with van der Waals surface area (Å²) in [4.78, 5) is 28.2. The Bertz CT molecular complexity index is 1040. The molecule has 2 aromatic rings. The lowest BCUT2D eigenvalue weighted by Gasteiger charge is -2.39. The fraction of sp³-hybridized carbons (Fsp3) is 0.381. The van der Waals surface area contributed by atoms with Crippen LogP contribution in [0.4, 0.5) is 17.6 Å². The van der Waals surface area contributed by atoms with Crippen LogP contribution in [0.3, 0.4) is 0 Å². The Hall–Kier alpha value is -2.88. The smallest absolute Gasteiger partial charge is 0.417 e. The van der Waals surface area contributed by atoms with Crippen LogP contribution in [0.15, 0.2) is 36.5 Å². The number of pyridine rings is 1. The molecule has 3 fully saturated rings. The van der Waals surface area contributed by atoms with Crippen LogP contribution < -0.4 is 15.4 Å². The van der Waals surface area contributed by atoms with E-state index in [1.54, 1.807) is 0 Å². The van der Waals surface area contributed by atoms with Gasteiger partial charge in [-0.05, 0) is 49.4 Å². The number of alkyl halides is 3. The second-order valence-corrected chi connectivity index (χ2v) is 8.48. The van der Waals surface area contributed by atoms with E-state index in [1.807, 2.05) is 0 Å². The summed E-state index contributed by atoms with van der Waals surface area (Å²) in [6, 6.07) is 5.54. The molecular weight excluding hydrogens is 454 g/mol. The van der Waals surface area contributed by atoms with Gasteiger partial charge in [-0.25, -0.2) is 4.39 Å².